The average Bonchev–Trinajstić information content (AvgIpc) is 2.81. The molecule has 0 saturated heterocycles. The van der Waals surface area contributed by atoms with Crippen LogP contribution in [-0.2, 0) is 11.3 Å². The van der Waals surface area contributed by atoms with Crippen molar-refractivity contribution in [3.8, 4) is 0 Å². The summed E-state index contributed by atoms with van der Waals surface area (Å²) in [5.74, 6) is 0. The van der Waals surface area contributed by atoms with Crippen molar-refractivity contribution >= 4 is 17.7 Å². The van der Waals surface area contributed by atoms with Crippen molar-refractivity contribution in [1.29, 1.82) is 0 Å². The summed E-state index contributed by atoms with van der Waals surface area (Å²) in [5.41, 5.74) is 0.637. The molecule has 0 aromatic carbocycles. The minimum Gasteiger partial charge on any atom is -0.442 e. The van der Waals surface area contributed by atoms with Crippen LogP contribution in [0.3, 0.4) is 0 Å². The zero-order chi connectivity index (χ0) is 11.4. The molecule has 82 valence electrons. The molecule has 0 saturated carbocycles. The Labute approximate surface area is 96.7 Å². The molecule has 0 aliphatic rings. The first-order valence-electron chi connectivity index (χ1n) is 4.51. The topological polar surface area (TPSA) is 57.0 Å². The predicted octanol–water partition coefficient (Wildman–Crippen LogP) is 2.12. The third-order valence-electron chi connectivity index (χ3n) is 1.85. The molecule has 2 aromatic rings. The fraction of sp³-hybridized carbons (Fsp3) is 0.100. The number of hydrogen-bond donors (Lipinski definition) is 0. The van der Waals surface area contributed by atoms with E-state index >= 15 is 0 Å². The number of carbonyl (C=O) groups excluding carboxylic acids is 1. The monoisotopic (exact) mass is 237 g/mol. The summed E-state index contributed by atoms with van der Waals surface area (Å²) in [5, 5.41) is 0.546. The van der Waals surface area contributed by atoms with Gasteiger partial charge in [0.25, 0.3) is 0 Å². The van der Waals surface area contributed by atoms with E-state index < -0.39 is 6.09 Å². The van der Waals surface area contributed by atoms with E-state index in [-0.39, 0.29) is 6.61 Å². The largest absolute Gasteiger partial charge is 0.442 e. The number of hydrogen-bond acceptors (Lipinski definition) is 4. The number of ether oxygens (including phenoxy) is 1. The summed E-state index contributed by atoms with van der Waals surface area (Å²) in [6, 6.07) is 3.39. The molecule has 5 nitrogen and oxygen atoms in total. The van der Waals surface area contributed by atoms with Gasteiger partial charge in [-0.1, -0.05) is 11.6 Å². The summed E-state index contributed by atoms with van der Waals surface area (Å²) in [6.07, 6.45) is 5.40. The number of nitrogens with zero attached hydrogens (tertiary/aromatic N) is 3. The molecule has 6 heteroatoms. The van der Waals surface area contributed by atoms with Crippen molar-refractivity contribution in [3.63, 3.8) is 0 Å². The summed E-state index contributed by atoms with van der Waals surface area (Å²) >= 11 is 5.67. The van der Waals surface area contributed by atoms with Crippen LogP contribution in [0.25, 0.3) is 0 Å². The average molecular weight is 238 g/mol. The lowest BCUT2D eigenvalue weighted by atomic mass is 10.4. The SMILES string of the molecule is O=C(OCc1ccc(Cl)cn1)n1ccnc1. The standard InChI is InChI=1S/C10H8ClN3O2/c11-8-1-2-9(13-5-8)6-16-10(15)14-4-3-12-7-14/h1-5,7H,6H2. The van der Waals surface area contributed by atoms with Gasteiger partial charge in [-0.05, 0) is 12.1 Å². The maximum Gasteiger partial charge on any atom is 0.419 e. The van der Waals surface area contributed by atoms with Crippen molar-refractivity contribution in [2.75, 3.05) is 0 Å². The molecular formula is C10H8ClN3O2. The highest BCUT2D eigenvalue weighted by atomic mass is 35.5. The molecular weight excluding hydrogens is 230 g/mol. The molecule has 2 rings (SSSR count). The lowest BCUT2D eigenvalue weighted by Gasteiger charge is -2.03. The molecule has 0 spiro atoms. The van der Waals surface area contributed by atoms with Crippen LogP contribution in [0.2, 0.25) is 5.02 Å². The van der Waals surface area contributed by atoms with Crippen LogP contribution in [0.15, 0.2) is 37.1 Å². The number of pyridine rings is 1. The zero-order valence-electron chi connectivity index (χ0n) is 8.21. The van der Waals surface area contributed by atoms with Gasteiger partial charge in [0.1, 0.15) is 12.9 Å². The van der Waals surface area contributed by atoms with Crippen LogP contribution in [0, 0.1) is 0 Å². The molecule has 0 radical (unpaired) electrons. The van der Waals surface area contributed by atoms with Gasteiger partial charge in [-0.3, -0.25) is 4.98 Å². The Morgan fingerprint density at radius 3 is 3.00 bits per heavy atom. The van der Waals surface area contributed by atoms with E-state index in [2.05, 4.69) is 9.97 Å². The first-order valence-corrected chi connectivity index (χ1v) is 4.89. The highest BCUT2D eigenvalue weighted by Gasteiger charge is 2.05. The third kappa shape index (κ3) is 2.58. The van der Waals surface area contributed by atoms with Gasteiger partial charge in [-0.15, -0.1) is 0 Å². The third-order valence-corrected chi connectivity index (χ3v) is 2.07. The Bertz CT molecular complexity index is 467. The van der Waals surface area contributed by atoms with Gasteiger partial charge in [0.05, 0.1) is 10.7 Å². The fourth-order valence-electron chi connectivity index (χ4n) is 1.07. The van der Waals surface area contributed by atoms with E-state index in [9.17, 15) is 4.79 Å². The highest BCUT2D eigenvalue weighted by molar-refractivity contribution is 6.30. The van der Waals surface area contributed by atoms with Crippen LogP contribution >= 0.6 is 11.6 Å². The lowest BCUT2D eigenvalue weighted by Crippen LogP contribution is -2.11. The van der Waals surface area contributed by atoms with Crippen LogP contribution in [0.5, 0.6) is 0 Å². The van der Waals surface area contributed by atoms with E-state index in [1.807, 2.05) is 0 Å². The number of halogens is 1. The number of aromatic nitrogens is 3. The smallest absolute Gasteiger partial charge is 0.419 e. The Hall–Kier alpha value is -1.88. The number of carbonyl (C=O) groups is 1. The first-order chi connectivity index (χ1) is 7.75. The quantitative estimate of drug-likeness (QED) is 0.803. The Kier molecular flexibility index (Phi) is 3.16. The van der Waals surface area contributed by atoms with Gasteiger partial charge in [0.15, 0.2) is 0 Å². The minimum absolute atomic E-state index is 0.105. The minimum atomic E-state index is -0.491. The summed E-state index contributed by atoms with van der Waals surface area (Å²) in [6.45, 7) is 0.105. The van der Waals surface area contributed by atoms with E-state index in [1.54, 1.807) is 12.1 Å². The van der Waals surface area contributed by atoms with Crippen LogP contribution in [0.4, 0.5) is 4.79 Å². The number of rotatable bonds is 2. The van der Waals surface area contributed by atoms with Crippen molar-refractivity contribution in [2.45, 2.75) is 6.61 Å². The molecule has 0 amide bonds. The molecule has 16 heavy (non-hydrogen) atoms. The molecule has 2 heterocycles. The van der Waals surface area contributed by atoms with Gasteiger partial charge in [-0.25, -0.2) is 14.3 Å². The van der Waals surface area contributed by atoms with Crippen molar-refractivity contribution in [3.05, 3.63) is 47.8 Å². The van der Waals surface area contributed by atoms with Gasteiger partial charge in [0, 0.05) is 18.6 Å². The Morgan fingerprint density at radius 2 is 2.38 bits per heavy atom. The summed E-state index contributed by atoms with van der Waals surface area (Å²) in [4.78, 5) is 19.1. The van der Waals surface area contributed by atoms with Gasteiger partial charge in [-0.2, -0.15) is 0 Å². The van der Waals surface area contributed by atoms with Crippen LogP contribution in [0.1, 0.15) is 5.69 Å². The molecule has 0 aliphatic carbocycles. The second-order valence-corrected chi connectivity index (χ2v) is 3.43. The number of imidazole rings is 1. The molecule has 0 bridgehead atoms. The van der Waals surface area contributed by atoms with E-state index in [0.717, 1.165) is 0 Å². The van der Waals surface area contributed by atoms with E-state index in [4.69, 9.17) is 16.3 Å². The second-order valence-electron chi connectivity index (χ2n) is 2.99. The fourth-order valence-corrected chi connectivity index (χ4v) is 1.18. The van der Waals surface area contributed by atoms with Crippen LogP contribution in [-0.4, -0.2) is 20.6 Å². The highest BCUT2D eigenvalue weighted by Crippen LogP contribution is 2.07. The Morgan fingerprint density at radius 1 is 1.50 bits per heavy atom. The van der Waals surface area contributed by atoms with Crippen molar-refractivity contribution in [1.82, 2.24) is 14.5 Å². The molecule has 0 atom stereocenters. The normalized spacial score (nSPS) is 10.1. The zero-order valence-corrected chi connectivity index (χ0v) is 8.96. The van der Waals surface area contributed by atoms with Crippen LogP contribution < -0.4 is 0 Å². The molecule has 0 unspecified atom stereocenters. The van der Waals surface area contributed by atoms with Gasteiger partial charge >= 0.3 is 6.09 Å². The molecule has 0 N–H and O–H groups in total. The lowest BCUT2D eigenvalue weighted by molar-refractivity contribution is 0.140. The predicted molar refractivity (Wildman–Crippen MR) is 57.1 cm³/mol. The summed E-state index contributed by atoms with van der Waals surface area (Å²) in [7, 11) is 0. The van der Waals surface area contributed by atoms with E-state index in [1.165, 1.54) is 29.5 Å². The molecule has 2 aromatic heterocycles. The van der Waals surface area contributed by atoms with Crippen molar-refractivity contribution < 1.29 is 9.53 Å². The molecule has 0 fully saturated rings. The summed E-state index contributed by atoms with van der Waals surface area (Å²) < 4.78 is 6.24. The van der Waals surface area contributed by atoms with Gasteiger partial charge < -0.3 is 4.74 Å². The maximum atomic E-state index is 11.4. The first kappa shape index (κ1) is 10.6. The maximum absolute atomic E-state index is 11.4. The van der Waals surface area contributed by atoms with E-state index in [0.29, 0.717) is 10.7 Å². The Balaban J connectivity index is 1.93. The van der Waals surface area contributed by atoms with Crippen molar-refractivity contribution in [2.24, 2.45) is 0 Å². The second kappa shape index (κ2) is 4.76. The van der Waals surface area contributed by atoms with Gasteiger partial charge in [0.2, 0.25) is 0 Å². The molecule has 0 aliphatic heterocycles.